The highest BCUT2D eigenvalue weighted by molar-refractivity contribution is 5.93. The average molecular weight is 359 g/mol. The second-order valence-electron chi connectivity index (χ2n) is 5.82. The third-order valence-electron chi connectivity index (χ3n) is 3.92. The fraction of sp³-hybridized carbons (Fsp3) is 0.300. The number of benzene rings is 2. The van der Waals surface area contributed by atoms with Gasteiger partial charge in [-0.05, 0) is 36.1 Å². The minimum Gasteiger partial charge on any atom is -0.479 e. The van der Waals surface area contributed by atoms with Crippen molar-refractivity contribution in [2.45, 2.75) is 26.2 Å². The normalized spacial score (nSPS) is 11.5. The molecule has 0 heterocycles. The molecular weight excluding hydrogens is 337 g/mol. The van der Waals surface area contributed by atoms with Gasteiger partial charge in [0.2, 0.25) is 0 Å². The van der Waals surface area contributed by atoms with E-state index >= 15 is 0 Å². The van der Waals surface area contributed by atoms with Gasteiger partial charge in [-0.2, -0.15) is 0 Å². The lowest BCUT2D eigenvalue weighted by Crippen LogP contribution is -2.24. The average Bonchev–Trinajstić information content (AvgIpc) is 2.65. The first-order valence-corrected chi connectivity index (χ1v) is 8.43. The van der Waals surface area contributed by atoms with E-state index in [9.17, 15) is 14.0 Å². The summed E-state index contributed by atoms with van der Waals surface area (Å²) < 4.78 is 23.3. The maximum Gasteiger partial charge on any atom is 0.344 e. The molecule has 2 rings (SSSR count). The van der Waals surface area contributed by atoms with E-state index in [4.69, 9.17) is 9.47 Å². The molecule has 6 heteroatoms. The Morgan fingerprint density at radius 1 is 1.08 bits per heavy atom. The van der Waals surface area contributed by atoms with Crippen LogP contribution in [-0.4, -0.2) is 25.1 Å². The molecule has 0 aliphatic rings. The molecule has 26 heavy (non-hydrogen) atoms. The van der Waals surface area contributed by atoms with Crippen molar-refractivity contribution in [1.82, 2.24) is 0 Å². The minimum absolute atomic E-state index is 0.0450. The van der Waals surface area contributed by atoms with Crippen molar-refractivity contribution in [3.8, 4) is 5.75 Å². The zero-order chi connectivity index (χ0) is 18.9. The highest BCUT2D eigenvalue weighted by Crippen LogP contribution is 2.26. The van der Waals surface area contributed by atoms with Gasteiger partial charge < -0.3 is 14.8 Å². The number of esters is 1. The van der Waals surface area contributed by atoms with Crippen LogP contribution in [0.3, 0.4) is 0 Å². The van der Waals surface area contributed by atoms with Crippen LogP contribution < -0.4 is 10.1 Å². The molecule has 0 spiro atoms. The van der Waals surface area contributed by atoms with E-state index in [-0.39, 0.29) is 5.75 Å². The van der Waals surface area contributed by atoms with Gasteiger partial charge in [-0.15, -0.1) is 0 Å². The van der Waals surface area contributed by atoms with Gasteiger partial charge in [-0.25, -0.2) is 9.18 Å². The summed E-state index contributed by atoms with van der Waals surface area (Å²) in [7, 11) is 0. The number of hydrogen-bond donors (Lipinski definition) is 1. The quantitative estimate of drug-likeness (QED) is 0.726. The Balaban J connectivity index is 1.82. The summed E-state index contributed by atoms with van der Waals surface area (Å²) in [6, 6.07) is 13.2. The molecule has 2 aromatic rings. The van der Waals surface area contributed by atoms with Gasteiger partial charge in [0.15, 0.2) is 24.8 Å². The standard InChI is InChI=1S/C20H22FNO4/c1-3-14(2)15-8-4-6-10-17(15)22-19(23)12-26-20(24)13-25-18-11-7-5-9-16(18)21/h4-11,14H,3,12-13H2,1-2H3,(H,22,23)/t14-/m1/s1. The summed E-state index contributed by atoms with van der Waals surface area (Å²) in [5.74, 6) is -1.52. The second kappa shape index (κ2) is 9.56. The van der Waals surface area contributed by atoms with Gasteiger partial charge in [0.25, 0.3) is 5.91 Å². The molecular formula is C20H22FNO4. The molecule has 0 saturated heterocycles. The van der Waals surface area contributed by atoms with E-state index in [0.717, 1.165) is 12.0 Å². The van der Waals surface area contributed by atoms with Crippen LogP contribution in [-0.2, 0) is 14.3 Å². The van der Waals surface area contributed by atoms with Crippen LogP contribution in [0.15, 0.2) is 48.5 Å². The number of ether oxygens (including phenoxy) is 2. The number of carbonyl (C=O) groups excluding carboxylic acids is 2. The van der Waals surface area contributed by atoms with Gasteiger partial charge >= 0.3 is 5.97 Å². The third-order valence-corrected chi connectivity index (χ3v) is 3.92. The minimum atomic E-state index is -0.751. The Labute approximate surface area is 152 Å². The van der Waals surface area contributed by atoms with Crippen LogP contribution in [0.5, 0.6) is 5.75 Å². The maximum atomic E-state index is 13.4. The molecule has 0 bridgehead atoms. The zero-order valence-electron chi connectivity index (χ0n) is 14.8. The van der Waals surface area contributed by atoms with Crippen LogP contribution in [0.4, 0.5) is 10.1 Å². The Bertz CT molecular complexity index is 763. The molecule has 1 N–H and O–H groups in total. The lowest BCUT2D eigenvalue weighted by Gasteiger charge is -2.15. The van der Waals surface area contributed by atoms with Crippen molar-refractivity contribution in [3.63, 3.8) is 0 Å². The summed E-state index contributed by atoms with van der Waals surface area (Å²) >= 11 is 0. The monoisotopic (exact) mass is 359 g/mol. The summed E-state index contributed by atoms with van der Waals surface area (Å²) in [6.07, 6.45) is 0.940. The number of amides is 1. The molecule has 0 aliphatic heterocycles. The SMILES string of the molecule is CC[C@@H](C)c1ccccc1NC(=O)COC(=O)COc1ccccc1F. The molecule has 0 aliphatic carbocycles. The number of rotatable bonds is 8. The number of para-hydroxylation sites is 2. The molecule has 0 saturated carbocycles. The van der Waals surface area contributed by atoms with Crippen molar-refractivity contribution in [3.05, 3.63) is 59.9 Å². The number of carbonyl (C=O) groups is 2. The smallest absolute Gasteiger partial charge is 0.344 e. The van der Waals surface area contributed by atoms with Crippen LogP contribution in [0.25, 0.3) is 0 Å². The van der Waals surface area contributed by atoms with E-state index in [1.54, 1.807) is 6.07 Å². The lowest BCUT2D eigenvalue weighted by molar-refractivity contribution is -0.149. The second-order valence-corrected chi connectivity index (χ2v) is 5.82. The Morgan fingerprint density at radius 3 is 2.50 bits per heavy atom. The van der Waals surface area contributed by atoms with Gasteiger partial charge in [-0.3, -0.25) is 4.79 Å². The predicted molar refractivity (Wildman–Crippen MR) is 96.6 cm³/mol. The number of anilines is 1. The van der Waals surface area contributed by atoms with E-state index in [0.29, 0.717) is 11.6 Å². The van der Waals surface area contributed by atoms with Crippen molar-refractivity contribution in [2.75, 3.05) is 18.5 Å². The lowest BCUT2D eigenvalue weighted by atomic mass is 9.97. The topological polar surface area (TPSA) is 64.6 Å². The van der Waals surface area contributed by atoms with E-state index in [1.807, 2.05) is 24.3 Å². The zero-order valence-corrected chi connectivity index (χ0v) is 14.8. The summed E-state index contributed by atoms with van der Waals surface area (Å²) in [4.78, 5) is 23.7. The van der Waals surface area contributed by atoms with Crippen molar-refractivity contribution in [1.29, 1.82) is 0 Å². The van der Waals surface area contributed by atoms with Crippen LogP contribution >= 0.6 is 0 Å². The van der Waals surface area contributed by atoms with Crippen LogP contribution in [0.1, 0.15) is 31.7 Å². The largest absolute Gasteiger partial charge is 0.479 e. The van der Waals surface area contributed by atoms with Crippen LogP contribution in [0, 0.1) is 5.82 Å². The van der Waals surface area contributed by atoms with Crippen molar-refractivity contribution in [2.24, 2.45) is 0 Å². The summed E-state index contributed by atoms with van der Waals surface area (Å²) in [6.45, 7) is 3.23. The molecule has 2 aromatic carbocycles. The van der Waals surface area contributed by atoms with Gasteiger partial charge in [-0.1, -0.05) is 44.2 Å². The molecule has 5 nitrogen and oxygen atoms in total. The Hall–Kier alpha value is -2.89. The third kappa shape index (κ3) is 5.58. The first-order chi connectivity index (χ1) is 12.5. The molecule has 0 fully saturated rings. The van der Waals surface area contributed by atoms with E-state index in [1.165, 1.54) is 18.2 Å². The molecule has 0 unspecified atom stereocenters. The fourth-order valence-corrected chi connectivity index (χ4v) is 2.33. The first-order valence-electron chi connectivity index (χ1n) is 8.43. The molecule has 1 atom stereocenters. The van der Waals surface area contributed by atoms with Crippen molar-refractivity contribution >= 4 is 17.6 Å². The molecule has 138 valence electrons. The van der Waals surface area contributed by atoms with Gasteiger partial charge in [0, 0.05) is 5.69 Å². The van der Waals surface area contributed by atoms with Gasteiger partial charge in [0.05, 0.1) is 0 Å². The highest BCUT2D eigenvalue weighted by Gasteiger charge is 2.13. The first kappa shape index (κ1) is 19.4. The predicted octanol–water partition coefficient (Wildman–Crippen LogP) is 3.90. The fourth-order valence-electron chi connectivity index (χ4n) is 2.33. The molecule has 1 amide bonds. The summed E-state index contributed by atoms with van der Waals surface area (Å²) in [5.41, 5.74) is 1.73. The van der Waals surface area contributed by atoms with Crippen LogP contribution in [0.2, 0.25) is 0 Å². The highest BCUT2D eigenvalue weighted by atomic mass is 19.1. The maximum absolute atomic E-state index is 13.4. The molecule has 0 aromatic heterocycles. The molecule has 0 radical (unpaired) electrons. The number of halogens is 1. The van der Waals surface area contributed by atoms with Crippen molar-refractivity contribution < 1.29 is 23.5 Å². The van der Waals surface area contributed by atoms with Gasteiger partial charge in [0.1, 0.15) is 0 Å². The Morgan fingerprint density at radius 2 is 1.77 bits per heavy atom. The number of hydrogen-bond acceptors (Lipinski definition) is 4. The van der Waals surface area contributed by atoms with E-state index < -0.39 is 30.9 Å². The van der Waals surface area contributed by atoms with E-state index in [2.05, 4.69) is 19.2 Å². The number of nitrogens with one attached hydrogen (secondary N) is 1. The Kier molecular flexibility index (Phi) is 7.14. The summed E-state index contributed by atoms with van der Waals surface area (Å²) in [5, 5.41) is 2.75.